The molecule has 5 heteroatoms. The average Bonchev–Trinajstić information content (AvgIpc) is 2.49. The Morgan fingerprint density at radius 3 is 2.71 bits per heavy atom. The molecule has 0 radical (unpaired) electrons. The average molecular weight is 294 g/mol. The molecule has 1 heterocycles. The van der Waals surface area contributed by atoms with Crippen LogP contribution in [0.15, 0.2) is 24.3 Å². The van der Waals surface area contributed by atoms with E-state index in [4.69, 9.17) is 4.74 Å². The Hall–Kier alpha value is -1.46. The quantitative estimate of drug-likeness (QED) is 0.845. The van der Waals surface area contributed by atoms with E-state index in [-0.39, 0.29) is 23.9 Å². The molecule has 0 aromatic heterocycles. The van der Waals surface area contributed by atoms with Gasteiger partial charge in [-0.15, -0.1) is 0 Å². The molecule has 0 bridgehead atoms. The molecule has 1 fully saturated rings. The Labute approximate surface area is 125 Å². The number of nitrogens with one attached hydrogen (secondary N) is 2. The van der Waals surface area contributed by atoms with Crippen molar-refractivity contribution in [3.05, 3.63) is 35.6 Å². The monoisotopic (exact) mass is 294 g/mol. The van der Waals surface area contributed by atoms with Crippen molar-refractivity contribution >= 4 is 5.91 Å². The topological polar surface area (TPSA) is 50.4 Å². The van der Waals surface area contributed by atoms with Crippen LogP contribution >= 0.6 is 0 Å². The Morgan fingerprint density at radius 2 is 2.05 bits per heavy atom. The lowest BCUT2D eigenvalue weighted by Crippen LogP contribution is -2.33. The summed E-state index contributed by atoms with van der Waals surface area (Å²) in [6.07, 6.45) is 2.64. The number of piperidine rings is 1. The van der Waals surface area contributed by atoms with Crippen LogP contribution in [-0.2, 0) is 9.53 Å². The minimum absolute atomic E-state index is 0.0410. The third kappa shape index (κ3) is 5.44. The van der Waals surface area contributed by atoms with Crippen molar-refractivity contribution < 1.29 is 13.9 Å². The second-order valence-electron chi connectivity index (χ2n) is 5.41. The maximum absolute atomic E-state index is 12.8. The van der Waals surface area contributed by atoms with Gasteiger partial charge in [-0.25, -0.2) is 4.39 Å². The molecule has 1 aromatic carbocycles. The number of halogens is 1. The van der Waals surface area contributed by atoms with Gasteiger partial charge >= 0.3 is 0 Å². The van der Waals surface area contributed by atoms with Crippen molar-refractivity contribution in [1.82, 2.24) is 10.6 Å². The molecule has 0 aliphatic carbocycles. The van der Waals surface area contributed by atoms with Crippen LogP contribution in [0.2, 0.25) is 0 Å². The zero-order chi connectivity index (χ0) is 15.1. The van der Waals surface area contributed by atoms with Crippen LogP contribution in [0.5, 0.6) is 0 Å². The molecule has 21 heavy (non-hydrogen) atoms. The second-order valence-corrected chi connectivity index (χ2v) is 5.41. The van der Waals surface area contributed by atoms with Gasteiger partial charge in [-0.3, -0.25) is 4.79 Å². The largest absolute Gasteiger partial charge is 0.378 e. The summed E-state index contributed by atoms with van der Waals surface area (Å²) in [5.74, 6) is -0.312. The summed E-state index contributed by atoms with van der Waals surface area (Å²) in [4.78, 5) is 11.9. The highest BCUT2D eigenvalue weighted by Crippen LogP contribution is 2.13. The van der Waals surface area contributed by atoms with E-state index < -0.39 is 0 Å². The smallest absolute Gasteiger partial charge is 0.222 e. The molecule has 1 atom stereocenters. The van der Waals surface area contributed by atoms with Gasteiger partial charge in [0.15, 0.2) is 0 Å². The number of hydrogen-bond donors (Lipinski definition) is 2. The highest BCUT2D eigenvalue weighted by atomic mass is 19.1. The van der Waals surface area contributed by atoms with Gasteiger partial charge in [0, 0.05) is 6.42 Å². The first-order valence-corrected chi connectivity index (χ1v) is 7.52. The number of carbonyl (C=O) groups excluding carboxylic acids is 1. The zero-order valence-electron chi connectivity index (χ0n) is 12.4. The highest BCUT2D eigenvalue weighted by Gasteiger charge is 2.14. The molecule has 4 nitrogen and oxygen atoms in total. The van der Waals surface area contributed by atoms with Crippen molar-refractivity contribution in [2.24, 2.45) is 0 Å². The molecular weight excluding hydrogens is 271 g/mol. The number of benzene rings is 1. The normalized spacial score (nSPS) is 17.4. The van der Waals surface area contributed by atoms with E-state index in [2.05, 4.69) is 10.6 Å². The van der Waals surface area contributed by atoms with Gasteiger partial charge in [0.05, 0.1) is 18.8 Å². The van der Waals surface area contributed by atoms with Gasteiger partial charge in [0.2, 0.25) is 5.91 Å². The first-order chi connectivity index (χ1) is 10.1. The van der Waals surface area contributed by atoms with Gasteiger partial charge in [-0.1, -0.05) is 12.1 Å². The van der Waals surface area contributed by atoms with Crippen molar-refractivity contribution in [1.29, 1.82) is 0 Å². The summed E-state index contributed by atoms with van der Waals surface area (Å²) < 4.78 is 18.6. The van der Waals surface area contributed by atoms with Crippen LogP contribution in [0.1, 0.15) is 37.8 Å². The Kier molecular flexibility index (Phi) is 6.14. The van der Waals surface area contributed by atoms with Crippen LogP contribution in [0, 0.1) is 5.82 Å². The van der Waals surface area contributed by atoms with Crippen LogP contribution in [0.25, 0.3) is 0 Å². The summed E-state index contributed by atoms with van der Waals surface area (Å²) in [6.45, 7) is 4.31. The van der Waals surface area contributed by atoms with E-state index in [1.54, 1.807) is 12.1 Å². The third-order valence-corrected chi connectivity index (χ3v) is 3.72. The van der Waals surface area contributed by atoms with Crippen LogP contribution in [0.3, 0.4) is 0 Å². The molecule has 1 aliphatic heterocycles. The van der Waals surface area contributed by atoms with E-state index in [0.717, 1.165) is 31.5 Å². The molecular formula is C16H23FN2O2. The lowest BCUT2D eigenvalue weighted by molar-refractivity contribution is -0.123. The van der Waals surface area contributed by atoms with Gasteiger partial charge in [-0.2, -0.15) is 0 Å². The Bertz CT molecular complexity index is 444. The summed E-state index contributed by atoms with van der Waals surface area (Å²) in [5, 5.41) is 6.18. The van der Waals surface area contributed by atoms with Crippen molar-refractivity contribution in [2.45, 2.75) is 38.3 Å². The maximum atomic E-state index is 12.8. The lowest BCUT2D eigenvalue weighted by atomic mass is 10.1. The predicted octanol–water partition coefficient (Wildman–Crippen LogP) is 2.16. The van der Waals surface area contributed by atoms with Crippen LogP contribution in [-0.4, -0.2) is 31.7 Å². The summed E-state index contributed by atoms with van der Waals surface area (Å²) in [6, 6.07) is 6.05. The van der Waals surface area contributed by atoms with E-state index in [0.29, 0.717) is 13.0 Å². The standard InChI is InChI=1S/C16H23FN2O2/c1-12(13-2-4-14(17)5-3-13)19-16(20)8-11-21-15-6-9-18-10-7-15/h2-5,12,15,18H,6-11H2,1H3,(H,19,20)/t12-/m1/s1. The number of ether oxygens (including phenoxy) is 1. The minimum atomic E-state index is -0.271. The van der Waals surface area contributed by atoms with E-state index in [1.807, 2.05) is 6.92 Å². The molecule has 0 unspecified atom stereocenters. The van der Waals surface area contributed by atoms with Gasteiger partial charge in [-0.05, 0) is 50.6 Å². The maximum Gasteiger partial charge on any atom is 0.222 e. The van der Waals surface area contributed by atoms with Crippen LogP contribution in [0.4, 0.5) is 4.39 Å². The Balaban J connectivity index is 1.67. The SMILES string of the molecule is C[C@@H](NC(=O)CCOC1CCNCC1)c1ccc(F)cc1. The minimum Gasteiger partial charge on any atom is -0.378 e. The summed E-state index contributed by atoms with van der Waals surface area (Å²) in [7, 11) is 0. The lowest BCUT2D eigenvalue weighted by Gasteiger charge is -2.23. The summed E-state index contributed by atoms with van der Waals surface area (Å²) >= 11 is 0. The van der Waals surface area contributed by atoms with E-state index >= 15 is 0 Å². The first kappa shape index (κ1) is 15.9. The van der Waals surface area contributed by atoms with Crippen molar-refractivity contribution in [3.63, 3.8) is 0 Å². The van der Waals surface area contributed by atoms with Gasteiger partial charge in [0.1, 0.15) is 5.82 Å². The fourth-order valence-electron chi connectivity index (χ4n) is 2.43. The Morgan fingerprint density at radius 1 is 1.38 bits per heavy atom. The number of amides is 1. The third-order valence-electron chi connectivity index (χ3n) is 3.72. The number of carbonyl (C=O) groups is 1. The second kappa shape index (κ2) is 8.10. The number of hydrogen-bond acceptors (Lipinski definition) is 3. The summed E-state index contributed by atoms with van der Waals surface area (Å²) in [5.41, 5.74) is 0.893. The molecule has 1 saturated heterocycles. The fourth-order valence-corrected chi connectivity index (χ4v) is 2.43. The fraction of sp³-hybridized carbons (Fsp3) is 0.562. The van der Waals surface area contributed by atoms with E-state index in [1.165, 1.54) is 12.1 Å². The molecule has 2 N–H and O–H groups in total. The predicted molar refractivity (Wildman–Crippen MR) is 79.4 cm³/mol. The first-order valence-electron chi connectivity index (χ1n) is 7.52. The van der Waals surface area contributed by atoms with Crippen molar-refractivity contribution in [3.8, 4) is 0 Å². The molecule has 0 saturated carbocycles. The molecule has 116 valence electrons. The molecule has 2 rings (SSSR count). The molecule has 0 spiro atoms. The zero-order valence-corrected chi connectivity index (χ0v) is 12.4. The van der Waals surface area contributed by atoms with Crippen molar-refractivity contribution in [2.75, 3.05) is 19.7 Å². The van der Waals surface area contributed by atoms with Gasteiger partial charge < -0.3 is 15.4 Å². The molecule has 1 aliphatic rings. The van der Waals surface area contributed by atoms with E-state index in [9.17, 15) is 9.18 Å². The molecule has 1 aromatic rings. The highest BCUT2D eigenvalue weighted by molar-refractivity contribution is 5.76. The number of rotatable bonds is 6. The van der Waals surface area contributed by atoms with Crippen LogP contribution < -0.4 is 10.6 Å². The molecule has 1 amide bonds. The van der Waals surface area contributed by atoms with Gasteiger partial charge in [0.25, 0.3) is 0 Å².